The molecule has 0 aliphatic carbocycles. The molecule has 0 fully saturated rings. The maximum absolute atomic E-state index is 8.93. The molecular formula is C8H9IOS. The third kappa shape index (κ3) is 2.65. The fraction of sp³-hybridized carbons (Fsp3) is 0.250. The highest BCUT2D eigenvalue weighted by atomic mass is 127. The van der Waals surface area contributed by atoms with Crippen molar-refractivity contribution in [1.29, 1.82) is 0 Å². The first-order valence-corrected chi connectivity index (χ1v) is 6.82. The second-order valence-corrected chi connectivity index (χ2v) is 4.56. The van der Waals surface area contributed by atoms with E-state index in [9.17, 15) is 0 Å². The van der Waals surface area contributed by atoms with Gasteiger partial charge in [-0.15, -0.1) is 0 Å². The molecule has 60 valence electrons. The van der Waals surface area contributed by atoms with Crippen LogP contribution in [0.15, 0.2) is 24.3 Å². The number of benzene rings is 1. The Labute approximate surface area is 82.8 Å². The number of halogens is 1. The van der Waals surface area contributed by atoms with Gasteiger partial charge in [-0.05, 0) is 32.3 Å². The minimum Gasteiger partial charge on any atom is -0.392 e. The molecule has 0 saturated heterocycles. The number of hydrogen-bond acceptors (Lipinski definition) is 2. The van der Waals surface area contributed by atoms with Gasteiger partial charge in [-0.1, -0.05) is 33.2 Å². The van der Waals surface area contributed by atoms with Crippen molar-refractivity contribution in [3.63, 3.8) is 0 Å². The zero-order chi connectivity index (χ0) is 8.10. The molecule has 0 aliphatic heterocycles. The molecule has 0 aromatic heterocycles. The van der Waals surface area contributed by atoms with Crippen LogP contribution in [0.25, 0.3) is 0 Å². The lowest BCUT2D eigenvalue weighted by molar-refractivity contribution is 0.281. The van der Waals surface area contributed by atoms with Crippen LogP contribution in [0.5, 0.6) is 0 Å². The molecule has 0 amide bonds. The first kappa shape index (κ1) is 9.35. The van der Waals surface area contributed by atoms with E-state index in [1.807, 2.05) is 18.2 Å². The van der Waals surface area contributed by atoms with Crippen molar-refractivity contribution in [2.75, 3.05) is 0 Å². The van der Waals surface area contributed by atoms with Crippen molar-refractivity contribution in [2.24, 2.45) is 0 Å². The number of hydrogen-bond donors (Lipinski definition) is 1. The summed E-state index contributed by atoms with van der Waals surface area (Å²) in [6.45, 7) is 0.146. The van der Waals surface area contributed by atoms with E-state index in [1.165, 1.54) is 5.56 Å². The second kappa shape index (κ2) is 5.00. The summed E-state index contributed by atoms with van der Waals surface area (Å²) in [5.74, 6) is 0.970. The molecule has 0 heterocycles. The molecule has 1 aromatic rings. The van der Waals surface area contributed by atoms with Crippen LogP contribution in [-0.2, 0) is 12.4 Å². The topological polar surface area (TPSA) is 20.2 Å². The zero-order valence-corrected chi connectivity index (χ0v) is 8.93. The molecule has 1 nitrogen and oxygen atoms in total. The maximum Gasteiger partial charge on any atom is 0.0684 e. The van der Waals surface area contributed by atoms with Gasteiger partial charge < -0.3 is 5.11 Å². The predicted molar refractivity (Wildman–Crippen MR) is 57.7 cm³/mol. The second-order valence-electron chi connectivity index (χ2n) is 2.18. The van der Waals surface area contributed by atoms with Crippen LogP contribution in [0.2, 0.25) is 0 Å². The summed E-state index contributed by atoms with van der Waals surface area (Å²) in [6.07, 6.45) is 0. The van der Waals surface area contributed by atoms with E-state index in [4.69, 9.17) is 5.11 Å². The van der Waals surface area contributed by atoms with Crippen LogP contribution in [0.4, 0.5) is 0 Å². The SMILES string of the molecule is OCc1ccccc1CSI. The van der Waals surface area contributed by atoms with Crippen LogP contribution in [0.1, 0.15) is 11.1 Å². The number of aliphatic hydroxyl groups is 1. The summed E-state index contributed by atoms with van der Waals surface area (Å²) >= 11 is 2.26. The van der Waals surface area contributed by atoms with E-state index in [2.05, 4.69) is 27.3 Å². The first-order chi connectivity index (χ1) is 5.38. The van der Waals surface area contributed by atoms with Crippen molar-refractivity contribution in [2.45, 2.75) is 12.4 Å². The Balaban J connectivity index is 2.83. The molecule has 1 N–H and O–H groups in total. The van der Waals surface area contributed by atoms with Gasteiger partial charge in [0.25, 0.3) is 0 Å². The monoisotopic (exact) mass is 280 g/mol. The van der Waals surface area contributed by atoms with E-state index in [0.29, 0.717) is 0 Å². The summed E-state index contributed by atoms with van der Waals surface area (Å²) in [5, 5.41) is 8.93. The van der Waals surface area contributed by atoms with Crippen LogP contribution >= 0.6 is 30.1 Å². The molecule has 0 unspecified atom stereocenters. The van der Waals surface area contributed by atoms with E-state index in [0.717, 1.165) is 11.3 Å². The Bertz CT molecular complexity index is 227. The van der Waals surface area contributed by atoms with Crippen molar-refractivity contribution >= 4 is 30.1 Å². The largest absolute Gasteiger partial charge is 0.392 e. The third-order valence-electron chi connectivity index (χ3n) is 1.50. The highest BCUT2D eigenvalue weighted by molar-refractivity contribution is 14.2. The molecule has 0 radical (unpaired) electrons. The fourth-order valence-corrected chi connectivity index (χ4v) is 2.32. The maximum atomic E-state index is 8.93. The predicted octanol–water partition coefficient (Wildman–Crippen LogP) is 2.76. The Morgan fingerprint density at radius 3 is 2.45 bits per heavy atom. The normalized spacial score (nSPS) is 10.0. The Hall–Kier alpha value is 0.260. The van der Waals surface area contributed by atoms with Gasteiger partial charge in [0.05, 0.1) is 6.61 Å². The van der Waals surface area contributed by atoms with Gasteiger partial charge in [-0.25, -0.2) is 0 Å². The lowest BCUT2D eigenvalue weighted by Crippen LogP contribution is -1.89. The summed E-state index contributed by atoms with van der Waals surface area (Å²) in [6, 6.07) is 7.97. The molecule has 1 rings (SSSR count). The molecule has 11 heavy (non-hydrogen) atoms. The standard InChI is InChI=1S/C8H9IOS/c9-11-6-8-4-2-1-3-7(8)5-10/h1-4,10H,5-6H2. The molecule has 1 aromatic carbocycles. The van der Waals surface area contributed by atoms with Gasteiger partial charge in [-0.2, -0.15) is 0 Å². The van der Waals surface area contributed by atoms with Crippen LogP contribution < -0.4 is 0 Å². The fourth-order valence-electron chi connectivity index (χ4n) is 0.911. The van der Waals surface area contributed by atoms with E-state index < -0.39 is 0 Å². The molecule has 0 spiro atoms. The molecule has 0 atom stereocenters. The molecular weight excluding hydrogens is 271 g/mol. The average Bonchev–Trinajstić information content (AvgIpc) is 2.06. The van der Waals surface area contributed by atoms with Crippen LogP contribution in [0, 0.1) is 0 Å². The Kier molecular flexibility index (Phi) is 4.25. The first-order valence-electron chi connectivity index (χ1n) is 3.29. The van der Waals surface area contributed by atoms with Crippen molar-refractivity contribution in [3.05, 3.63) is 35.4 Å². The molecule has 0 aliphatic rings. The highest BCUT2D eigenvalue weighted by Gasteiger charge is 1.97. The summed E-state index contributed by atoms with van der Waals surface area (Å²) in [5.41, 5.74) is 2.27. The number of aliphatic hydroxyl groups excluding tert-OH is 1. The third-order valence-corrected chi connectivity index (χ3v) is 2.85. The van der Waals surface area contributed by atoms with Gasteiger partial charge in [-0.3, -0.25) is 0 Å². The van der Waals surface area contributed by atoms with Crippen molar-refractivity contribution < 1.29 is 5.11 Å². The van der Waals surface area contributed by atoms with Gasteiger partial charge in [0.15, 0.2) is 0 Å². The molecule has 0 bridgehead atoms. The van der Waals surface area contributed by atoms with Gasteiger partial charge in [0.2, 0.25) is 0 Å². The van der Waals surface area contributed by atoms with Crippen molar-refractivity contribution in [3.8, 4) is 0 Å². The van der Waals surface area contributed by atoms with Gasteiger partial charge >= 0.3 is 0 Å². The van der Waals surface area contributed by atoms with E-state index in [-0.39, 0.29) is 6.61 Å². The minimum atomic E-state index is 0.146. The summed E-state index contributed by atoms with van der Waals surface area (Å²) < 4.78 is 0. The van der Waals surface area contributed by atoms with E-state index >= 15 is 0 Å². The van der Waals surface area contributed by atoms with Crippen molar-refractivity contribution in [1.82, 2.24) is 0 Å². The number of rotatable bonds is 3. The van der Waals surface area contributed by atoms with Gasteiger partial charge in [0.1, 0.15) is 0 Å². The average molecular weight is 280 g/mol. The summed E-state index contributed by atoms with van der Waals surface area (Å²) in [7, 11) is 1.74. The zero-order valence-electron chi connectivity index (χ0n) is 5.96. The quantitative estimate of drug-likeness (QED) is 0.859. The lowest BCUT2D eigenvalue weighted by atomic mass is 10.1. The lowest BCUT2D eigenvalue weighted by Gasteiger charge is -2.03. The minimum absolute atomic E-state index is 0.146. The summed E-state index contributed by atoms with van der Waals surface area (Å²) in [4.78, 5) is 0. The molecule has 0 saturated carbocycles. The van der Waals surface area contributed by atoms with E-state index in [1.54, 1.807) is 8.93 Å². The van der Waals surface area contributed by atoms with Crippen LogP contribution in [-0.4, -0.2) is 5.11 Å². The Morgan fingerprint density at radius 1 is 1.27 bits per heavy atom. The highest BCUT2D eigenvalue weighted by Crippen LogP contribution is 2.21. The van der Waals surface area contributed by atoms with Crippen LogP contribution in [0.3, 0.4) is 0 Å². The molecule has 3 heteroatoms. The van der Waals surface area contributed by atoms with Gasteiger partial charge in [0, 0.05) is 5.75 Å². The Morgan fingerprint density at radius 2 is 1.91 bits per heavy atom. The smallest absolute Gasteiger partial charge is 0.0684 e.